The van der Waals surface area contributed by atoms with E-state index in [4.69, 9.17) is 11.6 Å². The van der Waals surface area contributed by atoms with E-state index in [1.54, 1.807) is 23.1 Å². The smallest absolute Gasteiger partial charge is 0.152 e. The summed E-state index contributed by atoms with van der Waals surface area (Å²) in [6.45, 7) is 0.616. The Labute approximate surface area is 98.1 Å². The van der Waals surface area contributed by atoms with Gasteiger partial charge in [-0.05, 0) is 18.2 Å². The molecule has 2 unspecified atom stereocenters. The highest BCUT2D eigenvalue weighted by molar-refractivity contribution is 6.31. The van der Waals surface area contributed by atoms with Crippen LogP contribution < -0.4 is 4.90 Å². The van der Waals surface area contributed by atoms with E-state index in [2.05, 4.69) is 0 Å². The number of benzene rings is 1. The first-order valence-electron chi connectivity index (χ1n) is 4.97. The lowest BCUT2D eigenvalue weighted by Crippen LogP contribution is -2.22. The molecule has 1 saturated heterocycles. The molecule has 0 aromatic heterocycles. The molecule has 86 valence electrons. The number of nitrogens with zero attached hydrogens (tertiary/aromatic N) is 1. The van der Waals surface area contributed by atoms with Gasteiger partial charge in [0.1, 0.15) is 0 Å². The third kappa shape index (κ3) is 2.04. The highest BCUT2D eigenvalue weighted by Crippen LogP contribution is 2.27. The Morgan fingerprint density at radius 2 is 1.94 bits per heavy atom. The maximum atomic E-state index is 10.9. The van der Waals surface area contributed by atoms with Gasteiger partial charge >= 0.3 is 0 Å². The molecule has 1 aliphatic rings. The zero-order valence-electron chi connectivity index (χ0n) is 8.51. The minimum atomic E-state index is -0.779. The van der Waals surface area contributed by atoms with E-state index in [1.165, 1.54) is 0 Å². The van der Waals surface area contributed by atoms with Crippen LogP contribution in [0, 0.1) is 0 Å². The Kier molecular flexibility index (Phi) is 3.14. The van der Waals surface area contributed by atoms with Crippen LogP contribution >= 0.6 is 11.6 Å². The first kappa shape index (κ1) is 11.4. The van der Waals surface area contributed by atoms with Gasteiger partial charge in [0, 0.05) is 29.4 Å². The number of aldehydes is 1. The summed E-state index contributed by atoms with van der Waals surface area (Å²) < 4.78 is 0. The maximum Gasteiger partial charge on any atom is 0.152 e. The number of hydrogen-bond acceptors (Lipinski definition) is 4. The van der Waals surface area contributed by atoms with Crippen molar-refractivity contribution in [3.63, 3.8) is 0 Å². The number of β-amino-alcohol motifs (C(OH)–C–C–N with tert-alkyl or cyclic N) is 2. The second-order valence-electron chi connectivity index (χ2n) is 3.86. The van der Waals surface area contributed by atoms with Gasteiger partial charge in [-0.2, -0.15) is 0 Å². The van der Waals surface area contributed by atoms with Crippen molar-refractivity contribution in [3.05, 3.63) is 28.8 Å². The highest BCUT2D eigenvalue weighted by atomic mass is 35.5. The standard InChI is InChI=1S/C11H12ClNO3/c12-8-2-1-7(6-14)9(3-8)13-4-10(15)11(16)5-13/h1-3,6,10-11,15-16H,4-5H2. The Balaban J connectivity index is 2.33. The molecule has 0 amide bonds. The van der Waals surface area contributed by atoms with E-state index in [-0.39, 0.29) is 0 Å². The van der Waals surface area contributed by atoms with Crippen LogP contribution in [0.3, 0.4) is 0 Å². The number of hydrogen-bond donors (Lipinski definition) is 2. The average Bonchev–Trinajstić information content (AvgIpc) is 2.59. The van der Waals surface area contributed by atoms with Crippen LogP contribution in [0.1, 0.15) is 10.4 Å². The van der Waals surface area contributed by atoms with E-state index >= 15 is 0 Å². The van der Waals surface area contributed by atoms with E-state index in [0.29, 0.717) is 29.4 Å². The molecule has 0 spiro atoms. The third-order valence-electron chi connectivity index (χ3n) is 2.72. The molecule has 1 fully saturated rings. The molecule has 2 N–H and O–H groups in total. The largest absolute Gasteiger partial charge is 0.389 e. The van der Waals surface area contributed by atoms with Crippen molar-refractivity contribution >= 4 is 23.6 Å². The predicted octanol–water partition coefficient (Wildman–Crippen LogP) is 0.694. The van der Waals surface area contributed by atoms with Crippen LogP contribution in [0.5, 0.6) is 0 Å². The van der Waals surface area contributed by atoms with Gasteiger partial charge in [-0.1, -0.05) is 11.6 Å². The number of halogens is 1. The maximum absolute atomic E-state index is 10.9. The van der Waals surface area contributed by atoms with Crippen molar-refractivity contribution in [1.82, 2.24) is 0 Å². The van der Waals surface area contributed by atoms with Crippen LogP contribution in [0.2, 0.25) is 5.02 Å². The number of anilines is 1. The van der Waals surface area contributed by atoms with Crippen LogP contribution in [0.4, 0.5) is 5.69 Å². The van der Waals surface area contributed by atoms with Crippen LogP contribution in [-0.2, 0) is 0 Å². The second kappa shape index (κ2) is 4.41. The number of carbonyl (C=O) groups excluding carboxylic acids is 1. The molecule has 1 aliphatic heterocycles. The fraction of sp³-hybridized carbons (Fsp3) is 0.364. The molecule has 0 radical (unpaired) electrons. The minimum absolute atomic E-state index is 0.308. The molecule has 0 bridgehead atoms. The quantitative estimate of drug-likeness (QED) is 0.749. The summed E-state index contributed by atoms with van der Waals surface area (Å²) in [5.74, 6) is 0. The topological polar surface area (TPSA) is 60.8 Å². The molecule has 16 heavy (non-hydrogen) atoms. The van der Waals surface area contributed by atoms with Gasteiger partial charge in [0.15, 0.2) is 6.29 Å². The second-order valence-corrected chi connectivity index (χ2v) is 4.30. The van der Waals surface area contributed by atoms with Crippen LogP contribution in [-0.4, -0.2) is 41.8 Å². The summed E-state index contributed by atoms with van der Waals surface area (Å²) in [4.78, 5) is 12.6. The summed E-state index contributed by atoms with van der Waals surface area (Å²) in [6.07, 6.45) is -0.820. The first-order chi connectivity index (χ1) is 7.61. The third-order valence-corrected chi connectivity index (χ3v) is 2.95. The number of aliphatic hydroxyl groups is 2. The summed E-state index contributed by atoms with van der Waals surface area (Å²) in [6, 6.07) is 4.93. The Bertz CT molecular complexity index is 400. The van der Waals surface area contributed by atoms with Crippen molar-refractivity contribution in [2.45, 2.75) is 12.2 Å². The molecule has 1 aromatic rings. The van der Waals surface area contributed by atoms with Gasteiger partial charge in [-0.25, -0.2) is 0 Å². The van der Waals surface area contributed by atoms with Crippen molar-refractivity contribution in [2.24, 2.45) is 0 Å². The Morgan fingerprint density at radius 1 is 1.31 bits per heavy atom. The number of rotatable bonds is 2. The molecule has 0 aliphatic carbocycles. The molecule has 2 rings (SSSR count). The molecule has 0 saturated carbocycles. The Hall–Kier alpha value is -1.10. The summed E-state index contributed by atoms with van der Waals surface area (Å²) >= 11 is 5.86. The summed E-state index contributed by atoms with van der Waals surface area (Å²) in [7, 11) is 0. The van der Waals surface area contributed by atoms with Crippen LogP contribution in [0.25, 0.3) is 0 Å². The van der Waals surface area contributed by atoms with Crippen molar-refractivity contribution < 1.29 is 15.0 Å². The fourth-order valence-electron chi connectivity index (χ4n) is 1.86. The van der Waals surface area contributed by atoms with Gasteiger partial charge in [-0.15, -0.1) is 0 Å². The fourth-order valence-corrected chi connectivity index (χ4v) is 2.02. The lowest BCUT2D eigenvalue weighted by molar-refractivity contribution is 0.0572. The molecule has 1 aromatic carbocycles. The van der Waals surface area contributed by atoms with Gasteiger partial charge in [0.05, 0.1) is 12.2 Å². The van der Waals surface area contributed by atoms with Gasteiger partial charge in [0.2, 0.25) is 0 Å². The van der Waals surface area contributed by atoms with Gasteiger partial charge in [0.25, 0.3) is 0 Å². The predicted molar refractivity (Wildman–Crippen MR) is 61.1 cm³/mol. The number of aliphatic hydroxyl groups excluding tert-OH is 2. The normalized spacial score (nSPS) is 24.8. The van der Waals surface area contributed by atoms with Crippen molar-refractivity contribution in [2.75, 3.05) is 18.0 Å². The molecular weight excluding hydrogens is 230 g/mol. The van der Waals surface area contributed by atoms with Crippen molar-refractivity contribution in [3.8, 4) is 0 Å². The number of carbonyl (C=O) groups is 1. The lowest BCUT2D eigenvalue weighted by Gasteiger charge is -2.19. The first-order valence-corrected chi connectivity index (χ1v) is 5.35. The summed E-state index contributed by atoms with van der Waals surface area (Å²) in [5, 5.41) is 19.4. The Morgan fingerprint density at radius 3 is 2.50 bits per heavy atom. The molecule has 4 nitrogen and oxygen atoms in total. The van der Waals surface area contributed by atoms with E-state index in [9.17, 15) is 15.0 Å². The van der Waals surface area contributed by atoms with Crippen LogP contribution in [0.15, 0.2) is 18.2 Å². The molecular formula is C11H12ClNO3. The molecule has 5 heteroatoms. The summed E-state index contributed by atoms with van der Waals surface area (Å²) in [5.41, 5.74) is 1.16. The molecule has 1 heterocycles. The lowest BCUT2D eigenvalue weighted by atomic mass is 10.2. The van der Waals surface area contributed by atoms with Crippen molar-refractivity contribution in [1.29, 1.82) is 0 Å². The van der Waals surface area contributed by atoms with E-state index in [0.717, 1.165) is 6.29 Å². The van der Waals surface area contributed by atoms with E-state index < -0.39 is 12.2 Å². The SMILES string of the molecule is O=Cc1ccc(Cl)cc1N1CC(O)C(O)C1. The minimum Gasteiger partial charge on any atom is -0.389 e. The van der Waals surface area contributed by atoms with E-state index in [1.807, 2.05) is 0 Å². The zero-order valence-corrected chi connectivity index (χ0v) is 9.26. The molecule has 2 atom stereocenters. The monoisotopic (exact) mass is 241 g/mol. The average molecular weight is 242 g/mol. The highest BCUT2D eigenvalue weighted by Gasteiger charge is 2.30. The van der Waals surface area contributed by atoms with Gasteiger partial charge in [-0.3, -0.25) is 4.79 Å². The zero-order chi connectivity index (χ0) is 11.7. The van der Waals surface area contributed by atoms with Gasteiger partial charge < -0.3 is 15.1 Å².